The predicted octanol–water partition coefficient (Wildman–Crippen LogP) is 1.95. The zero-order valence-electron chi connectivity index (χ0n) is 8.06. The molecule has 0 aliphatic heterocycles. The van der Waals surface area contributed by atoms with E-state index in [1.165, 1.54) is 18.3 Å². The van der Waals surface area contributed by atoms with Gasteiger partial charge in [-0.05, 0) is 25.1 Å². The van der Waals surface area contributed by atoms with Gasteiger partial charge in [-0.3, -0.25) is 4.98 Å². The number of hydrogen-bond donors (Lipinski definition) is 2. The molecule has 2 N–H and O–H groups in total. The van der Waals surface area contributed by atoms with Crippen molar-refractivity contribution < 1.29 is 15.0 Å². The van der Waals surface area contributed by atoms with E-state index in [-0.39, 0.29) is 11.3 Å². The summed E-state index contributed by atoms with van der Waals surface area (Å²) in [5, 5.41) is 19.6. The Morgan fingerprint density at radius 2 is 2.07 bits per heavy atom. The van der Waals surface area contributed by atoms with Crippen molar-refractivity contribution in [3.63, 3.8) is 0 Å². The van der Waals surface area contributed by atoms with E-state index < -0.39 is 5.97 Å². The maximum atomic E-state index is 10.9. The van der Waals surface area contributed by atoms with Gasteiger partial charge in [-0.1, -0.05) is 0 Å². The highest BCUT2D eigenvalue weighted by Crippen LogP contribution is 2.29. The average molecular weight is 203 g/mol. The lowest BCUT2D eigenvalue weighted by molar-refractivity contribution is 0.0699. The Bertz CT molecular complexity index is 541. The molecule has 76 valence electrons. The van der Waals surface area contributed by atoms with Crippen LogP contribution in [0.2, 0.25) is 0 Å². The lowest BCUT2D eigenvalue weighted by atomic mass is 10.0. The van der Waals surface area contributed by atoms with Crippen molar-refractivity contribution in [1.82, 2.24) is 4.98 Å². The highest BCUT2D eigenvalue weighted by atomic mass is 16.4. The van der Waals surface area contributed by atoms with E-state index in [0.717, 1.165) is 0 Å². The van der Waals surface area contributed by atoms with E-state index in [1.54, 1.807) is 13.0 Å². The maximum Gasteiger partial charge on any atom is 0.336 e. The summed E-state index contributed by atoms with van der Waals surface area (Å²) in [5.74, 6) is -0.953. The van der Waals surface area contributed by atoms with E-state index in [9.17, 15) is 9.90 Å². The Morgan fingerprint density at radius 3 is 2.73 bits per heavy atom. The molecule has 4 heteroatoms. The third-order valence-corrected chi connectivity index (χ3v) is 2.33. The Balaban J connectivity index is 2.95. The number of hydrogen-bond acceptors (Lipinski definition) is 3. The second kappa shape index (κ2) is 3.24. The number of aromatic carboxylic acids is 1. The number of rotatable bonds is 1. The monoisotopic (exact) mass is 203 g/mol. The maximum absolute atomic E-state index is 10.9. The normalized spacial score (nSPS) is 10.5. The van der Waals surface area contributed by atoms with Crippen molar-refractivity contribution in [2.24, 2.45) is 0 Å². The first kappa shape index (κ1) is 9.45. The Labute approximate surface area is 85.8 Å². The van der Waals surface area contributed by atoms with Gasteiger partial charge in [0.1, 0.15) is 5.75 Å². The average Bonchev–Trinajstić information content (AvgIpc) is 2.17. The molecule has 4 nitrogen and oxygen atoms in total. The largest absolute Gasteiger partial charge is 0.507 e. The number of phenols is 1. The van der Waals surface area contributed by atoms with Crippen LogP contribution in [0.4, 0.5) is 0 Å². The van der Waals surface area contributed by atoms with Gasteiger partial charge in [-0.25, -0.2) is 4.79 Å². The van der Waals surface area contributed by atoms with E-state index in [4.69, 9.17) is 5.11 Å². The standard InChI is InChI=1S/C11H9NO3/c1-6-10-7(4-5-12-6)8(11(14)15)2-3-9(10)13/h2-5,13H,1H3,(H,14,15). The summed E-state index contributed by atoms with van der Waals surface area (Å²) < 4.78 is 0. The first-order valence-electron chi connectivity index (χ1n) is 4.42. The summed E-state index contributed by atoms with van der Waals surface area (Å²) in [6.45, 7) is 1.73. The minimum absolute atomic E-state index is 0.0561. The topological polar surface area (TPSA) is 70.4 Å². The van der Waals surface area contributed by atoms with E-state index in [0.29, 0.717) is 16.5 Å². The zero-order chi connectivity index (χ0) is 11.0. The van der Waals surface area contributed by atoms with Crippen molar-refractivity contribution in [3.05, 3.63) is 35.7 Å². The van der Waals surface area contributed by atoms with Crippen LogP contribution < -0.4 is 0 Å². The molecule has 0 fully saturated rings. The van der Waals surface area contributed by atoms with Crippen LogP contribution in [-0.2, 0) is 0 Å². The number of phenolic OH excluding ortho intramolecular Hbond substituents is 1. The number of carboxylic acid groups (broad SMARTS) is 1. The van der Waals surface area contributed by atoms with Gasteiger partial charge in [-0.15, -0.1) is 0 Å². The molecular formula is C11H9NO3. The van der Waals surface area contributed by atoms with Gasteiger partial charge in [-0.2, -0.15) is 0 Å². The smallest absolute Gasteiger partial charge is 0.336 e. The number of pyridine rings is 1. The second-order valence-corrected chi connectivity index (χ2v) is 3.26. The zero-order valence-corrected chi connectivity index (χ0v) is 8.06. The fourth-order valence-electron chi connectivity index (χ4n) is 1.64. The van der Waals surface area contributed by atoms with E-state index in [1.807, 2.05) is 0 Å². The Kier molecular flexibility index (Phi) is 2.04. The number of aryl methyl sites for hydroxylation is 1. The molecule has 0 amide bonds. The molecular weight excluding hydrogens is 194 g/mol. The molecule has 0 atom stereocenters. The molecule has 2 aromatic rings. The van der Waals surface area contributed by atoms with Gasteiger partial charge in [0.2, 0.25) is 0 Å². The summed E-state index contributed by atoms with van der Waals surface area (Å²) in [7, 11) is 0. The van der Waals surface area contributed by atoms with Crippen molar-refractivity contribution in [1.29, 1.82) is 0 Å². The molecule has 0 radical (unpaired) electrons. The van der Waals surface area contributed by atoms with E-state index in [2.05, 4.69) is 4.98 Å². The SMILES string of the molecule is Cc1nccc2c(C(=O)O)ccc(O)c12. The van der Waals surface area contributed by atoms with Gasteiger partial charge >= 0.3 is 5.97 Å². The molecule has 1 aromatic carbocycles. The summed E-state index contributed by atoms with van der Waals surface area (Å²) in [5.41, 5.74) is 0.793. The van der Waals surface area contributed by atoms with Crippen LogP contribution in [-0.4, -0.2) is 21.2 Å². The third kappa shape index (κ3) is 1.40. The van der Waals surface area contributed by atoms with Crippen LogP contribution in [0.15, 0.2) is 24.4 Å². The highest BCUT2D eigenvalue weighted by Gasteiger charge is 2.12. The lowest BCUT2D eigenvalue weighted by Gasteiger charge is -2.06. The van der Waals surface area contributed by atoms with Crippen LogP contribution in [0.3, 0.4) is 0 Å². The quantitative estimate of drug-likeness (QED) is 0.743. The summed E-state index contributed by atoms with van der Waals surface area (Å²) >= 11 is 0. The molecule has 1 aromatic heterocycles. The van der Waals surface area contributed by atoms with Gasteiger partial charge in [0.15, 0.2) is 0 Å². The minimum atomic E-state index is -1.01. The van der Waals surface area contributed by atoms with Gasteiger partial charge < -0.3 is 10.2 Å². The van der Waals surface area contributed by atoms with Crippen molar-refractivity contribution >= 4 is 16.7 Å². The summed E-state index contributed by atoms with van der Waals surface area (Å²) in [6.07, 6.45) is 1.53. The third-order valence-electron chi connectivity index (χ3n) is 2.33. The molecule has 2 rings (SSSR count). The fourth-order valence-corrected chi connectivity index (χ4v) is 1.64. The second-order valence-electron chi connectivity index (χ2n) is 3.26. The van der Waals surface area contributed by atoms with Gasteiger partial charge in [0.05, 0.1) is 5.56 Å². The number of carboxylic acids is 1. The van der Waals surface area contributed by atoms with Crippen molar-refractivity contribution in [3.8, 4) is 5.75 Å². The first-order chi connectivity index (χ1) is 7.11. The molecule has 15 heavy (non-hydrogen) atoms. The highest BCUT2D eigenvalue weighted by molar-refractivity contribution is 6.06. The van der Waals surface area contributed by atoms with Crippen LogP contribution >= 0.6 is 0 Å². The molecule has 0 aliphatic carbocycles. The van der Waals surface area contributed by atoms with Crippen LogP contribution in [0.1, 0.15) is 16.1 Å². The molecule has 0 spiro atoms. The number of benzene rings is 1. The fraction of sp³-hybridized carbons (Fsp3) is 0.0909. The van der Waals surface area contributed by atoms with Crippen LogP contribution in [0.25, 0.3) is 10.8 Å². The number of aromatic hydroxyl groups is 1. The minimum Gasteiger partial charge on any atom is -0.507 e. The predicted molar refractivity (Wildman–Crippen MR) is 55.1 cm³/mol. The Morgan fingerprint density at radius 1 is 1.33 bits per heavy atom. The molecule has 0 unspecified atom stereocenters. The molecule has 1 heterocycles. The summed E-state index contributed by atoms with van der Waals surface area (Å²) in [6, 6.07) is 4.35. The van der Waals surface area contributed by atoms with Gasteiger partial charge in [0.25, 0.3) is 0 Å². The molecule has 0 saturated carbocycles. The van der Waals surface area contributed by atoms with Crippen LogP contribution in [0, 0.1) is 6.92 Å². The lowest BCUT2D eigenvalue weighted by Crippen LogP contribution is -1.98. The van der Waals surface area contributed by atoms with Crippen LogP contribution in [0.5, 0.6) is 5.75 Å². The van der Waals surface area contributed by atoms with Crippen molar-refractivity contribution in [2.75, 3.05) is 0 Å². The molecule has 0 saturated heterocycles. The number of nitrogens with zero attached hydrogens (tertiary/aromatic N) is 1. The van der Waals surface area contributed by atoms with Gasteiger partial charge in [0, 0.05) is 22.7 Å². The first-order valence-corrected chi connectivity index (χ1v) is 4.42. The summed E-state index contributed by atoms with van der Waals surface area (Å²) in [4.78, 5) is 15.0. The molecule has 0 bridgehead atoms. The van der Waals surface area contributed by atoms with E-state index >= 15 is 0 Å². The van der Waals surface area contributed by atoms with Crippen molar-refractivity contribution in [2.45, 2.75) is 6.92 Å². The number of aromatic nitrogens is 1. The molecule has 0 aliphatic rings. The number of fused-ring (bicyclic) bond motifs is 1. The Hall–Kier alpha value is -2.10. The number of carbonyl (C=O) groups is 1.